The zero-order chi connectivity index (χ0) is 15.5. The molecule has 1 aromatic rings. The summed E-state index contributed by atoms with van der Waals surface area (Å²) in [4.78, 5) is 16.6. The van der Waals surface area contributed by atoms with E-state index in [-0.39, 0.29) is 0 Å². The van der Waals surface area contributed by atoms with Crippen molar-refractivity contribution in [1.29, 1.82) is 0 Å². The standard InChI is InChI=1S/C18H29N5/c1-2-5-16(6-3-1)22-9-11-23(12-10-22)17-13-21(14-17)15-18-19-7-4-8-20-18/h4,7-8,16-17H,1-3,5-6,9-15H2. The molecule has 1 aromatic heterocycles. The maximum atomic E-state index is 4.33. The van der Waals surface area contributed by atoms with Crippen LogP contribution in [0.3, 0.4) is 0 Å². The van der Waals surface area contributed by atoms with E-state index < -0.39 is 0 Å². The number of piperazine rings is 1. The molecular formula is C18H29N5. The van der Waals surface area contributed by atoms with Crippen LogP contribution < -0.4 is 0 Å². The fraction of sp³-hybridized carbons (Fsp3) is 0.778. The third-order valence-electron chi connectivity index (χ3n) is 5.88. The van der Waals surface area contributed by atoms with Crippen LogP contribution in [0.4, 0.5) is 0 Å². The van der Waals surface area contributed by atoms with Crippen molar-refractivity contribution < 1.29 is 0 Å². The minimum Gasteiger partial charge on any atom is -0.298 e. The molecule has 5 nitrogen and oxygen atoms in total. The molecule has 1 saturated carbocycles. The average molecular weight is 315 g/mol. The van der Waals surface area contributed by atoms with Crippen molar-refractivity contribution in [3.05, 3.63) is 24.3 Å². The van der Waals surface area contributed by atoms with Gasteiger partial charge in [0.1, 0.15) is 5.82 Å². The highest BCUT2D eigenvalue weighted by Crippen LogP contribution is 2.25. The van der Waals surface area contributed by atoms with Gasteiger partial charge in [-0.1, -0.05) is 19.3 Å². The average Bonchev–Trinajstić information content (AvgIpc) is 2.60. The third kappa shape index (κ3) is 3.73. The number of nitrogens with zero attached hydrogens (tertiary/aromatic N) is 5. The molecule has 0 aromatic carbocycles. The first-order valence-electron chi connectivity index (χ1n) is 9.35. The first-order valence-corrected chi connectivity index (χ1v) is 9.35. The lowest BCUT2D eigenvalue weighted by Crippen LogP contribution is -2.63. The van der Waals surface area contributed by atoms with Gasteiger partial charge in [0.15, 0.2) is 0 Å². The van der Waals surface area contributed by atoms with Gasteiger partial charge in [-0.25, -0.2) is 9.97 Å². The van der Waals surface area contributed by atoms with Crippen LogP contribution in [0.15, 0.2) is 18.5 Å². The third-order valence-corrected chi connectivity index (χ3v) is 5.88. The van der Waals surface area contributed by atoms with Crippen LogP contribution in [-0.4, -0.2) is 76.0 Å². The summed E-state index contributed by atoms with van der Waals surface area (Å²) in [7, 11) is 0. The number of likely N-dealkylation sites (tertiary alicyclic amines) is 1. The predicted molar refractivity (Wildman–Crippen MR) is 91.1 cm³/mol. The SMILES string of the molecule is c1cnc(CN2CC(N3CCN(C4CCCCC4)CC3)C2)nc1. The molecule has 0 radical (unpaired) electrons. The van der Waals surface area contributed by atoms with Crippen molar-refractivity contribution >= 4 is 0 Å². The summed E-state index contributed by atoms with van der Waals surface area (Å²) < 4.78 is 0. The molecule has 2 aliphatic heterocycles. The van der Waals surface area contributed by atoms with Crippen LogP contribution in [0, 0.1) is 0 Å². The summed E-state index contributed by atoms with van der Waals surface area (Å²) in [6.07, 6.45) is 10.9. The fourth-order valence-electron chi connectivity index (χ4n) is 4.43. The van der Waals surface area contributed by atoms with E-state index in [9.17, 15) is 0 Å². The summed E-state index contributed by atoms with van der Waals surface area (Å²) in [6.45, 7) is 8.35. The van der Waals surface area contributed by atoms with Crippen LogP contribution in [0.1, 0.15) is 37.9 Å². The van der Waals surface area contributed by atoms with Gasteiger partial charge in [0.25, 0.3) is 0 Å². The Hall–Kier alpha value is -1.04. The molecule has 23 heavy (non-hydrogen) atoms. The first kappa shape index (κ1) is 15.5. The van der Waals surface area contributed by atoms with Crippen molar-refractivity contribution in [1.82, 2.24) is 24.7 Å². The molecule has 0 spiro atoms. The Labute approximate surface area is 139 Å². The van der Waals surface area contributed by atoms with E-state index in [0.717, 1.165) is 24.5 Å². The smallest absolute Gasteiger partial charge is 0.142 e. The lowest BCUT2D eigenvalue weighted by molar-refractivity contribution is -0.0113. The summed E-state index contributed by atoms with van der Waals surface area (Å²) in [5.74, 6) is 0.952. The van der Waals surface area contributed by atoms with Crippen LogP contribution in [0.2, 0.25) is 0 Å². The molecule has 3 fully saturated rings. The highest BCUT2D eigenvalue weighted by molar-refractivity contribution is 4.95. The zero-order valence-electron chi connectivity index (χ0n) is 14.1. The number of aromatic nitrogens is 2. The number of rotatable bonds is 4. The summed E-state index contributed by atoms with van der Waals surface area (Å²) in [5.41, 5.74) is 0. The topological polar surface area (TPSA) is 35.5 Å². The first-order chi connectivity index (χ1) is 11.4. The predicted octanol–water partition coefficient (Wildman–Crippen LogP) is 1.61. The normalized spacial score (nSPS) is 26.3. The Bertz CT molecular complexity index is 473. The second-order valence-electron chi connectivity index (χ2n) is 7.38. The summed E-state index contributed by atoms with van der Waals surface area (Å²) in [6, 6.07) is 3.53. The van der Waals surface area contributed by atoms with Gasteiger partial charge in [-0.15, -0.1) is 0 Å². The maximum Gasteiger partial charge on any atom is 0.142 e. The second kappa shape index (κ2) is 7.24. The highest BCUT2D eigenvalue weighted by Gasteiger charge is 2.34. The van der Waals surface area contributed by atoms with Crippen LogP contribution in [0.5, 0.6) is 0 Å². The van der Waals surface area contributed by atoms with Crippen molar-refractivity contribution in [2.75, 3.05) is 39.3 Å². The molecule has 0 atom stereocenters. The van der Waals surface area contributed by atoms with E-state index in [4.69, 9.17) is 0 Å². The highest BCUT2D eigenvalue weighted by atomic mass is 15.4. The maximum absolute atomic E-state index is 4.33. The summed E-state index contributed by atoms with van der Waals surface area (Å²) >= 11 is 0. The number of hydrogen-bond donors (Lipinski definition) is 0. The van der Waals surface area contributed by atoms with Crippen molar-refractivity contribution in [3.8, 4) is 0 Å². The quantitative estimate of drug-likeness (QED) is 0.843. The molecular weight excluding hydrogens is 286 g/mol. The Morgan fingerprint density at radius 3 is 2.09 bits per heavy atom. The largest absolute Gasteiger partial charge is 0.298 e. The minimum absolute atomic E-state index is 0.757. The van der Waals surface area contributed by atoms with E-state index in [1.165, 1.54) is 71.4 Å². The molecule has 0 amide bonds. The van der Waals surface area contributed by atoms with Crippen LogP contribution in [-0.2, 0) is 6.54 Å². The molecule has 0 N–H and O–H groups in total. The van der Waals surface area contributed by atoms with E-state index in [1.54, 1.807) is 0 Å². The lowest BCUT2D eigenvalue weighted by Gasteiger charge is -2.49. The van der Waals surface area contributed by atoms with E-state index >= 15 is 0 Å². The van der Waals surface area contributed by atoms with Crippen molar-refractivity contribution in [3.63, 3.8) is 0 Å². The van der Waals surface area contributed by atoms with Gasteiger partial charge in [-0.05, 0) is 18.9 Å². The molecule has 0 unspecified atom stereocenters. The van der Waals surface area contributed by atoms with Crippen molar-refractivity contribution in [2.45, 2.75) is 50.7 Å². The van der Waals surface area contributed by atoms with E-state index in [1.807, 2.05) is 18.5 Å². The number of hydrogen-bond acceptors (Lipinski definition) is 5. The Morgan fingerprint density at radius 1 is 0.826 bits per heavy atom. The molecule has 126 valence electrons. The summed E-state index contributed by atoms with van der Waals surface area (Å²) in [5, 5.41) is 0. The van der Waals surface area contributed by atoms with Crippen LogP contribution in [0.25, 0.3) is 0 Å². The van der Waals surface area contributed by atoms with Gasteiger partial charge in [-0.2, -0.15) is 0 Å². The molecule has 4 rings (SSSR count). The molecule has 3 aliphatic rings. The Morgan fingerprint density at radius 2 is 1.43 bits per heavy atom. The fourth-order valence-corrected chi connectivity index (χ4v) is 4.43. The molecule has 5 heteroatoms. The van der Waals surface area contributed by atoms with Gasteiger partial charge in [0, 0.05) is 63.7 Å². The van der Waals surface area contributed by atoms with Gasteiger partial charge in [0.05, 0.1) is 6.54 Å². The van der Waals surface area contributed by atoms with Gasteiger partial charge in [0.2, 0.25) is 0 Å². The Balaban J connectivity index is 1.19. The molecule has 1 aliphatic carbocycles. The van der Waals surface area contributed by atoms with Gasteiger partial charge >= 0.3 is 0 Å². The van der Waals surface area contributed by atoms with Crippen LogP contribution >= 0.6 is 0 Å². The lowest BCUT2D eigenvalue weighted by atomic mass is 9.93. The van der Waals surface area contributed by atoms with Gasteiger partial charge < -0.3 is 0 Å². The molecule has 0 bridgehead atoms. The van der Waals surface area contributed by atoms with E-state index in [2.05, 4.69) is 24.7 Å². The Kier molecular flexibility index (Phi) is 4.88. The van der Waals surface area contributed by atoms with Gasteiger partial charge in [-0.3, -0.25) is 14.7 Å². The van der Waals surface area contributed by atoms with Crippen molar-refractivity contribution in [2.24, 2.45) is 0 Å². The molecule has 3 heterocycles. The minimum atomic E-state index is 0.757. The monoisotopic (exact) mass is 315 g/mol. The zero-order valence-corrected chi connectivity index (χ0v) is 14.1. The second-order valence-corrected chi connectivity index (χ2v) is 7.38. The van der Waals surface area contributed by atoms with E-state index in [0.29, 0.717) is 0 Å². The molecule has 2 saturated heterocycles.